The smallest absolute Gasteiger partial charge is 0.246 e. The summed E-state index contributed by atoms with van der Waals surface area (Å²) in [5.74, 6) is 0.371. The van der Waals surface area contributed by atoms with Crippen molar-refractivity contribution >= 4 is 11.9 Å². The van der Waals surface area contributed by atoms with E-state index in [2.05, 4.69) is 20.6 Å². The predicted molar refractivity (Wildman–Crippen MR) is 55.0 cm³/mol. The number of nitrogens with one attached hydrogen (secondary N) is 3. The number of anilines is 1. The number of nitrogens with zero attached hydrogens (tertiary/aromatic N) is 1. The largest absolute Gasteiger partial charge is 0.331 e. The van der Waals surface area contributed by atoms with Gasteiger partial charge in [0.2, 0.25) is 11.9 Å². The quantitative estimate of drug-likeness (QED) is 0.665. The van der Waals surface area contributed by atoms with Crippen molar-refractivity contribution in [2.24, 2.45) is 0 Å². The Balaban J connectivity index is 2.57. The summed E-state index contributed by atoms with van der Waals surface area (Å²) >= 11 is 0. The van der Waals surface area contributed by atoms with E-state index in [-0.39, 0.29) is 5.91 Å². The maximum absolute atomic E-state index is 11.7. The molecule has 0 aliphatic carbocycles. The molecular formula is C9H16N4O. The lowest BCUT2D eigenvalue weighted by Gasteiger charge is -2.23. The summed E-state index contributed by atoms with van der Waals surface area (Å²) in [6.45, 7) is 6.37. The number of carbonyl (C=O) groups is 1. The first kappa shape index (κ1) is 10.7. The van der Waals surface area contributed by atoms with Crippen LogP contribution in [0.1, 0.15) is 20.8 Å². The third-order valence-electron chi connectivity index (χ3n) is 1.92. The average molecular weight is 196 g/mol. The fourth-order valence-corrected chi connectivity index (χ4v) is 1.12. The number of likely N-dealkylation sites (N-methyl/N-ethyl adjacent to an activating group) is 1. The number of aromatic nitrogens is 2. The van der Waals surface area contributed by atoms with Gasteiger partial charge >= 0.3 is 0 Å². The van der Waals surface area contributed by atoms with Gasteiger partial charge in [0.05, 0.1) is 5.54 Å². The molecule has 5 nitrogen and oxygen atoms in total. The van der Waals surface area contributed by atoms with Crippen LogP contribution in [0.5, 0.6) is 0 Å². The molecule has 0 aromatic carbocycles. The van der Waals surface area contributed by atoms with Crippen LogP contribution in [0.25, 0.3) is 0 Å². The lowest BCUT2D eigenvalue weighted by molar-refractivity contribution is -0.121. The fourth-order valence-electron chi connectivity index (χ4n) is 1.12. The van der Waals surface area contributed by atoms with Gasteiger partial charge in [-0.05, 0) is 20.4 Å². The Morgan fingerprint density at radius 3 is 2.86 bits per heavy atom. The number of hydrogen-bond donors (Lipinski definition) is 3. The van der Waals surface area contributed by atoms with E-state index in [0.717, 1.165) is 6.54 Å². The first-order valence-corrected chi connectivity index (χ1v) is 4.62. The van der Waals surface area contributed by atoms with Gasteiger partial charge in [0.15, 0.2) is 0 Å². The highest BCUT2D eigenvalue weighted by molar-refractivity contribution is 5.96. The Bertz CT molecular complexity index is 292. The first-order valence-electron chi connectivity index (χ1n) is 4.62. The SMILES string of the molecule is CCNC(C)(C)C(=O)Nc1ncc[nH]1. The molecule has 1 heterocycles. The van der Waals surface area contributed by atoms with Gasteiger partial charge in [-0.3, -0.25) is 10.1 Å². The second-order valence-corrected chi connectivity index (χ2v) is 3.55. The Morgan fingerprint density at radius 2 is 2.36 bits per heavy atom. The summed E-state index contributed by atoms with van der Waals surface area (Å²) in [7, 11) is 0. The van der Waals surface area contributed by atoms with E-state index in [9.17, 15) is 4.79 Å². The zero-order valence-corrected chi connectivity index (χ0v) is 8.72. The Kier molecular flexibility index (Phi) is 3.24. The molecule has 0 fully saturated rings. The topological polar surface area (TPSA) is 69.8 Å². The van der Waals surface area contributed by atoms with Gasteiger partial charge in [0.25, 0.3) is 0 Å². The highest BCUT2D eigenvalue weighted by atomic mass is 16.2. The van der Waals surface area contributed by atoms with Gasteiger partial charge in [-0.2, -0.15) is 0 Å². The average Bonchev–Trinajstić information content (AvgIpc) is 2.56. The van der Waals surface area contributed by atoms with E-state index in [1.54, 1.807) is 12.4 Å². The van der Waals surface area contributed by atoms with E-state index < -0.39 is 5.54 Å². The summed E-state index contributed by atoms with van der Waals surface area (Å²) in [5, 5.41) is 5.76. The Hall–Kier alpha value is -1.36. The molecule has 0 saturated heterocycles. The highest BCUT2D eigenvalue weighted by Crippen LogP contribution is 2.05. The molecule has 78 valence electrons. The van der Waals surface area contributed by atoms with Crippen LogP contribution in [-0.4, -0.2) is 28.0 Å². The molecular weight excluding hydrogens is 180 g/mol. The van der Waals surface area contributed by atoms with E-state index in [1.807, 2.05) is 20.8 Å². The monoisotopic (exact) mass is 196 g/mol. The Labute approximate surface area is 83.3 Å². The number of imidazole rings is 1. The van der Waals surface area contributed by atoms with Crippen molar-refractivity contribution in [2.45, 2.75) is 26.3 Å². The Morgan fingerprint density at radius 1 is 1.64 bits per heavy atom. The fraction of sp³-hybridized carbons (Fsp3) is 0.556. The lowest BCUT2D eigenvalue weighted by Crippen LogP contribution is -2.49. The van der Waals surface area contributed by atoms with Gasteiger partial charge in [-0.15, -0.1) is 0 Å². The van der Waals surface area contributed by atoms with Crippen LogP contribution >= 0.6 is 0 Å². The number of H-pyrrole nitrogens is 1. The van der Waals surface area contributed by atoms with Crippen LogP contribution in [0, 0.1) is 0 Å². The maximum Gasteiger partial charge on any atom is 0.246 e. The lowest BCUT2D eigenvalue weighted by atomic mass is 10.1. The minimum absolute atomic E-state index is 0.102. The number of aromatic amines is 1. The summed E-state index contributed by atoms with van der Waals surface area (Å²) in [6, 6.07) is 0. The molecule has 0 aliphatic heterocycles. The molecule has 1 aromatic heterocycles. The number of amides is 1. The first-order chi connectivity index (χ1) is 6.56. The molecule has 3 N–H and O–H groups in total. The third-order valence-corrected chi connectivity index (χ3v) is 1.92. The number of hydrogen-bond acceptors (Lipinski definition) is 3. The molecule has 1 rings (SSSR count). The van der Waals surface area contributed by atoms with Crippen LogP contribution < -0.4 is 10.6 Å². The van der Waals surface area contributed by atoms with Crippen LogP contribution in [0.3, 0.4) is 0 Å². The molecule has 1 aromatic rings. The van der Waals surface area contributed by atoms with Gasteiger partial charge in [0, 0.05) is 12.4 Å². The summed E-state index contributed by atoms with van der Waals surface area (Å²) in [4.78, 5) is 18.4. The van der Waals surface area contributed by atoms with Crippen molar-refractivity contribution in [3.8, 4) is 0 Å². The van der Waals surface area contributed by atoms with Crippen LogP contribution in [-0.2, 0) is 4.79 Å². The normalized spacial score (nSPS) is 11.4. The zero-order valence-electron chi connectivity index (χ0n) is 8.72. The standard InChI is InChI=1S/C9H16N4O/c1-4-12-9(2,3)7(14)13-8-10-5-6-11-8/h5-6,12H,4H2,1-3H3,(H2,10,11,13,14). The van der Waals surface area contributed by atoms with Crippen molar-refractivity contribution in [3.05, 3.63) is 12.4 Å². The van der Waals surface area contributed by atoms with Crippen molar-refractivity contribution in [1.82, 2.24) is 15.3 Å². The van der Waals surface area contributed by atoms with E-state index in [1.165, 1.54) is 0 Å². The van der Waals surface area contributed by atoms with Crippen molar-refractivity contribution in [1.29, 1.82) is 0 Å². The van der Waals surface area contributed by atoms with Gasteiger partial charge < -0.3 is 10.3 Å². The van der Waals surface area contributed by atoms with Gasteiger partial charge in [-0.1, -0.05) is 6.92 Å². The molecule has 0 atom stereocenters. The minimum Gasteiger partial charge on any atom is -0.331 e. The molecule has 0 aliphatic rings. The third kappa shape index (κ3) is 2.56. The second-order valence-electron chi connectivity index (χ2n) is 3.55. The summed E-state index contributed by atoms with van der Waals surface area (Å²) < 4.78 is 0. The van der Waals surface area contributed by atoms with Crippen molar-refractivity contribution in [2.75, 3.05) is 11.9 Å². The van der Waals surface area contributed by atoms with Crippen LogP contribution in [0.4, 0.5) is 5.95 Å². The molecule has 0 bridgehead atoms. The van der Waals surface area contributed by atoms with E-state index in [0.29, 0.717) is 5.95 Å². The summed E-state index contributed by atoms with van der Waals surface area (Å²) in [6.07, 6.45) is 3.26. The number of carbonyl (C=O) groups excluding carboxylic acids is 1. The van der Waals surface area contributed by atoms with Crippen LogP contribution in [0.2, 0.25) is 0 Å². The maximum atomic E-state index is 11.7. The molecule has 0 saturated carbocycles. The van der Waals surface area contributed by atoms with E-state index >= 15 is 0 Å². The summed E-state index contributed by atoms with van der Waals surface area (Å²) in [5.41, 5.74) is -0.582. The minimum atomic E-state index is -0.582. The molecule has 0 unspecified atom stereocenters. The second kappa shape index (κ2) is 4.23. The van der Waals surface area contributed by atoms with Crippen LogP contribution in [0.15, 0.2) is 12.4 Å². The highest BCUT2D eigenvalue weighted by Gasteiger charge is 2.26. The molecule has 14 heavy (non-hydrogen) atoms. The molecule has 0 spiro atoms. The van der Waals surface area contributed by atoms with Crippen molar-refractivity contribution < 1.29 is 4.79 Å². The molecule has 0 radical (unpaired) electrons. The zero-order chi connectivity index (χ0) is 10.6. The molecule has 5 heteroatoms. The predicted octanol–water partition coefficient (Wildman–Crippen LogP) is 0.736. The molecule has 1 amide bonds. The van der Waals surface area contributed by atoms with Gasteiger partial charge in [-0.25, -0.2) is 4.98 Å². The van der Waals surface area contributed by atoms with Gasteiger partial charge in [0.1, 0.15) is 0 Å². The van der Waals surface area contributed by atoms with E-state index in [4.69, 9.17) is 0 Å². The number of rotatable bonds is 4. The van der Waals surface area contributed by atoms with Crippen molar-refractivity contribution in [3.63, 3.8) is 0 Å².